The predicted molar refractivity (Wildman–Crippen MR) is 139 cm³/mol. The van der Waals surface area contributed by atoms with Crippen LogP contribution < -0.4 is 0 Å². The lowest BCUT2D eigenvalue weighted by molar-refractivity contribution is 0.790. The van der Waals surface area contributed by atoms with Crippen LogP contribution in [0.15, 0.2) is 121 Å². The van der Waals surface area contributed by atoms with Crippen LogP contribution in [0.1, 0.15) is 24.5 Å². The van der Waals surface area contributed by atoms with Crippen molar-refractivity contribution < 1.29 is 0 Å². The number of aromatic nitrogens is 1. The molecule has 3 aromatic carbocycles. The number of fused-ring (bicyclic) bond motifs is 3. The summed E-state index contributed by atoms with van der Waals surface area (Å²) in [7, 11) is 0. The van der Waals surface area contributed by atoms with Gasteiger partial charge in [-0.25, -0.2) is 0 Å². The Morgan fingerprint density at radius 3 is 2.44 bits per heavy atom. The van der Waals surface area contributed by atoms with Crippen molar-refractivity contribution >= 4 is 33.0 Å². The number of hydrogen-bond donors (Lipinski definition) is 1. The first-order valence-corrected chi connectivity index (χ1v) is 11.2. The Bertz CT molecular complexity index is 1410. The largest absolute Gasteiger partial charge is 0.354 e. The normalized spacial score (nSPS) is 16.7. The Morgan fingerprint density at radius 2 is 1.62 bits per heavy atom. The van der Waals surface area contributed by atoms with Crippen LogP contribution in [0.4, 0.5) is 0 Å². The highest BCUT2D eigenvalue weighted by Gasteiger charge is 2.10. The second-order valence-electron chi connectivity index (χ2n) is 8.45. The standard InChI is InChI=1S/C31H27N/c1-22(24-11-5-3-6-12-24)19-27(25-13-7-4-8-14-25)20-23(2)26-17-18-29-28-15-9-10-16-30(28)32-31(29)21-26/h3-11,13-21,24,32H,1,12H2,2H3/b23-20+,27-19+. The first-order valence-electron chi connectivity index (χ1n) is 11.2. The fraction of sp³-hybridized carbons (Fsp3) is 0.0968. The quantitative estimate of drug-likeness (QED) is 0.316. The minimum atomic E-state index is 0.357. The van der Waals surface area contributed by atoms with Gasteiger partial charge in [-0.3, -0.25) is 0 Å². The number of benzene rings is 3. The number of hydrogen-bond acceptors (Lipinski definition) is 0. The van der Waals surface area contributed by atoms with Gasteiger partial charge in [0.05, 0.1) is 0 Å². The van der Waals surface area contributed by atoms with Gasteiger partial charge >= 0.3 is 0 Å². The van der Waals surface area contributed by atoms with Gasteiger partial charge in [0.15, 0.2) is 0 Å². The van der Waals surface area contributed by atoms with Crippen LogP contribution in [0.25, 0.3) is 33.0 Å². The van der Waals surface area contributed by atoms with Gasteiger partial charge in [-0.1, -0.05) is 104 Å². The van der Waals surface area contributed by atoms with Crippen LogP contribution in [-0.2, 0) is 0 Å². The van der Waals surface area contributed by atoms with E-state index in [1.807, 2.05) is 0 Å². The second-order valence-corrected chi connectivity index (χ2v) is 8.45. The average molecular weight is 414 g/mol. The van der Waals surface area contributed by atoms with E-state index in [1.165, 1.54) is 44.1 Å². The lowest BCUT2D eigenvalue weighted by Crippen LogP contribution is -1.99. The molecule has 0 saturated carbocycles. The van der Waals surface area contributed by atoms with Gasteiger partial charge < -0.3 is 4.98 Å². The molecule has 1 aliphatic carbocycles. The zero-order valence-corrected chi connectivity index (χ0v) is 18.4. The molecule has 0 amide bonds. The van der Waals surface area contributed by atoms with E-state index < -0.39 is 0 Å². The maximum absolute atomic E-state index is 4.39. The van der Waals surface area contributed by atoms with E-state index in [0.717, 1.165) is 12.0 Å². The van der Waals surface area contributed by atoms with Crippen molar-refractivity contribution in [2.45, 2.75) is 13.3 Å². The van der Waals surface area contributed by atoms with E-state index in [1.54, 1.807) is 0 Å². The molecule has 0 radical (unpaired) electrons. The number of H-pyrrole nitrogens is 1. The minimum Gasteiger partial charge on any atom is -0.354 e. The highest BCUT2D eigenvalue weighted by Crippen LogP contribution is 2.30. The van der Waals surface area contributed by atoms with Crippen LogP contribution in [-0.4, -0.2) is 4.98 Å². The molecule has 1 heterocycles. The number of para-hydroxylation sites is 1. The van der Waals surface area contributed by atoms with Crippen molar-refractivity contribution in [1.82, 2.24) is 4.98 Å². The molecule has 5 rings (SSSR count). The number of aromatic amines is 1. The van der Waals surface area contributed by atoms with Crippen LogP contribution in [0.3, 0.4) is 0 Å². The molecule has 0 saturated heterocycles. The molecular formula is C31H27N. The number of rotatable bonds is 5. The summed E-state index contributed by atoms with van der Waals surface area (Å²) in [6, 6.07) is 25.8. The van der Waals surface area contributed by atoms with Crippen LogP contribution >= 0.6 is 0 Å². The molecule has 4 aromatic rings. The highest BCUT2D eigenvalue weighted by atomic mass is 14.7. The molecule has 1 aliphatic rings. The molecule has 1 aromatic heterocycles. The van der Waals surface area contributed by atoms with Gasteiger partial charge in [-0.05, 0) is 53.3 Å². The SMILES string of the molecule is C=C(/C=C(\C=C(/C)c1ccc2c(c1)[nH]c1ccccc12)c1ccccc1)C1C=CC=CC1. The van der Waals surface area contributed by atoms with Gasteiger partial charge in [0.1, 0.15) is 0 Å². The van der Waals surface area contributed by atoms with Crippen molar-refractivity contribution in [1.29, 1.82) is 0 Å². The van der Waals surface area contributed by atoms with Gasteiger partial charge in [0.25, 0.3) is 0 Å². The topological polar surface area (TPSA) is 15.8 Å². The monoisotopic (exact) mass is 413 g/mol. The number of nitrogens with one attached hydrogen (secondary N) is 1. The van der Waals surface area contributed by atoms with E-state index in [4.69, 9.17) is 0 Å². The van der Waals surface area contributed by atoms with Crippen LogP contribution in [0.5, 0.6) is 0 Å². The first kappa shape index (κ1) is 20.1. The van der Waals surface area contributed by atoms with Gasteiger partial charge in [-0.2, -0.15) is 0 Å². The zero-order chi connectivity index (χ0) is 21.9. The second kappa shape index (κ2) is 8.72. The van der Waals surface area contributed by atoms with Crippen molar-refractivity contribution in [3.05, 3.63) is 133 Å². The predicted octanol–water partition coefficient (Wildman–Crippen LogP) is 8.50. The molecule has 1 heteroatoms. The average Bonchev–Trinajstić information content (AvgIpc) is 3.22. The summed E-state index contributed by atoms with van der Waals surface area (Å²) in [5.74, 6) is 0.357. The molecule has 32 heavy (non-hydrogen) atoms. The van der Waals surface area contributed by atoms with Gasteiger partial charge in [0, 0.05) is 27.7 Å². The summed E-state index contributed by atoms with van der Waals surface area (Å²) in [4.78, 5) is 3.56. The third kappa shape index (κ3) is 4.02. The third-order valence-electron chi connectivity index (χ3n) is 6.24. The summed E-state index contributed by atoms with van der Waals surface area (Å²) in [5, 5.41) is 2.54. The summed E-state index contributed by atoms with van der Waals surface area (Å²) >= 11 is 0. The molecule has 156 valence electrons. The van der Waals surface area contributed by atoms with E-state index >= 15 is 0 Å². The zero-order valence-electron chi connectivity index (χ0n) is 18.4. The molecule has 1 N–H and O–H groups in total. The van der Waals surface area contributed by atoms with E-state index in [9.17, 15) is 0 Å². The maximum Gasteiger partial charge on any atom is 0.0470 e. The lowest BCUT2D eigenvalue weighted by Gasteiger charge is -2.15. The Hall–Kier alpha value is -3.84. The number of allylic oxidation sites excluding steroid dienone is 9. The molecule has 0 spiro atoms. The first-order chi connectivity index (χ1) is 15.7. The smallest absolute Gasteiger partial charge is 0.0470 e. The van der Waals surface area contributed by atoms with Crippen molar-refractivity contribution in [2.75, 3.05) is 0 Å². The van der Waals surface area contributed by atoms with Gasteiger partial charge in [0.2, 0.25) is 0 Å². The Kier molecular flexibility index (Phi) is 5.47. The molecule has 0 fully saturated rings. The Labute approximate surface area is 189 Å². The fourth-order valence-corrected chi connectivity index (χ4v) is 4.42. The molecule has 0 bridgehead atoms. The van der Waals surface area contributed by atoms with E-state index in [-0.39, 0.29) is 0 Å². The Morgan fingerprint density at radius 1 is 0.844 bits per heavy atom. The van der Waals surface area contributed by atoms with Crippen LogP contribution in [0.2, 0.25) is 0 Å². The maximum atomic E-state index is 4.39. The van der Waals surface area contributed by atoms with Crippen molar-refractivity contribution in [2.24, 2.45) is 5.92 Å². The molecular weight excluding hydrogens is 386 g/mol. The highest BCUT2D eigenvalue weighted by molar-refractivity contribution is 6.07. The minimum absolute atomic E-state index is 0.357. The summed E-state index contributed by atoms with van der Waals surface area (Å²) < 4.78 is 0. The fourth-order valence-electron chi connectivity index (χ4n) is 4.42. The lowest BCUT2D eigenvalue weighted by atomic mass is 9.90. The Balaban J connectivity index is 1.54. The summed E-state index contributed by atoms with van der Waals surface area (Å²) in [5.41, 5.74) is 8.33. The van der Waals surface area contributed by atoms with Gasteiger partial charge in [-0.15, -0.1) is 0 Å². The molecule has 1 unspecified atom stereocenters. The van der Waals surface area contributed by atoms with Crippen LogP contribution in [0, 0.1) is 5.92 Å². The summed E-state index contributed by atoms with van der Waals surface area (Å²) in [6.45, 7) is 6.58. The molecule has 1 nitrogen and oxygen atoms in total. The summed E-state index contributed by atoms with van der Waals surface area (Å²) in [6.07, 6.45) is 14.2. The van der Waals surface area contributed by atoms with E-state index in [2.05, 4.69) is 128 Å². The van der Waals surface area contributed by atoms with Crippen molar-refractivity contribution in [3.63, 3.8) is 0 Å². The third-order valence-corrected chi connectivity index (χ3v) is 6.24. The molecule has 1 atom stereocenters. The van der Waals surface area contributed by atoms with Crippen molar-refractivity contribution in [3.8, 4) is 0 Å². The van der Waals surface area contributed by atoms with E-state index in [0.29, 0.717) is 5.92 Å². The molecule has 0 aliphatic heterocycles.